The molecule has 25 heavy (non-hydrogen) atoms. The van der Waals surface area contributed by atoms with Gasteiger partial charge in [-0.2, -0.15) is 5.26 Å². The normalized spacial score (nSPS) is 11.0. The van der Waals surface area contributed by atoms with Gasteiger partial charge in [0.2, 0.25) is 0 Å². The number of carbonyl (C=O) groups is 1. The molecule has 0 bridgehead atoms. The van der Waals surface area contributed by atoms with Gasteiger partial charge >= 0.3 is 5.97 Å². The van der Waals surface area contributed by atoms with Crippen molar-refractivity contribution in [2.24, 2.45) is 7.05 Å². The van der Waals surface area contributed by atoms with E-state index < -0.39 is 16.0 Å². The largest absolute Gasteiger partial charge is 0.461 e. The zero-order valence-corrected chi connectivity index (χ0v) is 15.3. The van der Waals surface area contributed by atoms with Crippen molar-refractivity contribution in [2.75, 3.05) is 11.3 Å². The van der Waals surface area contributed by atoms with Crippen molar-refractivity contribution in [2.45, 2.75) is 25.7 Å². The van der Waals surface area contributed by atoms with Crippen LogP contribution in [0.5, 0.6) is 0 Å². The first-order valence-electron chi connectivity index (χ1n) is 7.59. The number of nitrogens with zero attached hydrogens (tertiary/aromatic N) is 2. The Bertz CT molecular complexity index is 951. The predicted octanol–water partition coefficient (Wildman–Crippen LogP) is 2.49. The van der Waals surface area contributed by atoms with Gasteiger partial charge in [0.25, 0.3) is 10.0 Å². The zero-order chi connectivity index (χ0) is 18.8. The number of anilines is 1. The Hall–Kier alpha value is -2.79. The smallest absolute Gasteiger partial charge is 0.355 e. The number of nitriles is 1. The molecule has 132 valence electrons. The van der Waals surface area contributed by atoms with Crippen LogP contribution < -0.4 is 4.72 Å². The summed E-state index contributed by atoms with van der Waals surface area (Å²) in [5, 5.41) is 8.81. The zero-order valence-electron chi connectivity index (χ0n) is 14.5. The summed E-state index contributed by atoms with van der Waals surface area (Å²) in [6.45, 7) is 5.09. The molecule has 0 fully saturated rings. The summed E-state index contributed by atoms with van der Waals surface area (Å²) in [7, 11) is -2.29. The van der Waals surface area contributed by atoms with Crippen LogP contribution in [0.25, 0.3) is 0 Å². The Kier molecular flexibility index (Phi) is 5.18. The summed E-state index contributed by atoms with van der Waals surface area (Å²) < 4.78 is 34.6. The minimum atomic E-state index is -3.91. The molecule has 1 aromatic carbocycles. The Labute approximate surface area is 146 Å². The third-order valence-electron chi connectivity index (χ3n) is 3.87. The van der Waals surface area contributed by atoms with Crippen molar-refractivity contribution in [1.29, 1.82) is 5.26 Å². The van der Waals surface area contributed by atoms with Crippen molar-refractivity contribution in [1.82, 2.24) is 4.57 Å². The fraction of sp³-hybridized carbons (Fsp3) is 0.294. The SMILES string of the molecule is CCOC(=O)c1c(C)c(S(=O)(=O)Nc2ccc(C#N)cc2)c(C)n1C. The maximum Gasteiger partial charge on any atom is 0.355 e. The van der Waals surface area contributed by atoms with Gasteiger partial charge in [-0.3, -0.25) is 4.72 Å². The van der Waals surface area contributed by atoms with E-state index in [4.69, 9.17) is 10.00 Å². The predicted molar refractivity (Wildman–Crippen MR) is 92.8 cm³/mol. The Balaban J connectivity index is 2.47. The molecule has 7 nitrogen and oxygen atoms in total. The Morgan fingerprint density at radius 2 is 1.88 bits per heavy atom. The van der Waals surface area contributed by atoms with Gasteiger partial charge in [0.05, 0.1) is 18.2 Å². The summed E-state index contributed by atoms with van der Waals surface area (Å²) in [6.07, 6.45) is 0. The lowest BCUT2D eigenvalue weighted by atomic mass is 10.2. The fourth-order valence-corrected chi connectivity index (χ4v) is 4.23. The molecular formula is C17H19N3O4S. The first-order valence-corrected chi connectivity index (χ1v) is 9.07. The standard InChI is InChI=1S/C17H19N3O4S/c1-5-24-17(21)15-11(2)16(12(3)20(15)4)25(22,23)19-14-8-6-13(10-18)7-9-14/h6-9,19H,5H2,1-4H3. The van der Waals surface area contributed by atoms with Crippen molar-refractivity contribution < 1.29 is 17.9 Å². The van der Waals surface area contributed by atoms with Crippen LogP contribution in [0.2, 0.25) is 0 Å². The van der Waals surface area contributed by atoms with E-state index >= 15 is 0 Å². The molecule has 0 saturated carbocycles. The molecule has 0 spiro atoms. The first kappa shape index (κ1) is 18.5. The number of benzene rings is 1. The van der Waals surface area contributed by atoms with E-state index in [1.54, 1.807) is 27.8 Å². The highest BCUT2D eigenvalue weighted by molar-refractivity contribution is 7.92. The summed E-state index contributed by atoms with van der Waals surface area (Å²) in [4.78, 5) is 12.2. The third-order valence-corrected chi connectivity index (χ3v) is 5.51. The summed E-state index contributed by atoms with van der Waals surface area (Å²) in [5.41, 5.74) is 1.74. The van der Waals surface area contributed by atoms with Crippen LogP contribution in [0.4, 0.5) is 5.69 Å². The van der Waals surface area contributed by atoms with Gasteiger partial charge < -0.3 is 9.30 Å². The van der Waals surface area contributed by atoms with Crippen molar-refractivity contribution >= 4 is 21.7 Å². The highest BCUT2D eigenvalue weighted by Gasteiger charge is 2.29. The molecule has 2 rings (SSSR count). The summed E-state index contributed by atoms with van der Waals surface area (Å²) >= 11 is 0. The number of nitrogens with one attached hydrogen (secondary N) is 1. The molecule has 0 atom stereocenters. The molecule has 1 aromatic heterocycles. The second kappa shape index (κ2) is 6.99. The molecule has 0 saturated heterocycles. The van der Waals surface area contributed by atoms with E-state index in [1.165, 1.54) is 28.8 Å². The van der Waals surface area contributed by atoms with Crippen LogP contribution in [0, 0.1) is 25.2 Å². The van der Waals surface area contributed by atoms with Gasteiger partial charge in [0.15, 0.2) is 0 Å². The van der Waals surface area contributed by atoms with Gasteiger partial charge in [-0.1, -0.05) is 0 Å². The Morgan fingerprint density at radius 3 is 2.40 bits per heavy atom. The van der Waals surface area contributed by atoms with E-state index in [1.807, 2.05) is 6.07 Å². The minimum absolute atomic E-state index is 0.0439. The number of hydrogen-bond donors (Lipinski definition) is 1. The molecule has 0 amide bonds. The highest BCUT2D eigenvalue weighted by Crippen LogP contribution is 2.28. The van der Waals surface area contributed by atoms with Crippen LogP contribution in [0.15, 0.2) is 29.2 Å². The second-order valence-electron chi connectivity index (χ2n) is 5.46. The van der Waals surface area contributed by atoms with Gasteiger partial charge in [-0.15, -0.1) is 0 Å². The number of rotatable bonds is 5. The third kappa shape index (κ3) is 3.51. The molecule has 8 heteroatoms. The maximum atomic E-state index is 12.8. The molecule has 0 aliphatic carbocycles. The van der Waals surface area contributed by atoms with Crippen LogP contribution in [0.3, 0.4) is 0 Å². The molecule has 0 aliphatic heterocycles. The maximum absolute atomic E-state index is 12.8. The van der Waals surface area contributed by atoms with E-state index in [0.717, 1.165) is 0 Å². The van der Waals surface area contributed by atoms with Crippen molar-refractivity contribution in [3.63, 3.8) is 0 Å². The van der Waals surface area contributed by atoms with Gasteiger partial charge in [-0.25, -0.2) is 13.2 Å². The summed E-state index contributed by atoms with van der Waals surface area (Å²) in [5.74, 6) is -0.564. The Morgan fingerprint density at radius 1 is 1.28 bits per heavy atom. The topological polar surface area (TPSA) is 101 Å². The van der Waals surface area contributed by atoms with Crippen LogP contribution in [-0.4, -0.2) is 25.6 Å². The number of esters is 1. The lowest BCUT2D eigenvalue weighted by Crippen LogP contribution is -2.15. The average molecular weight is 361 g/mol. The molecule has 1 N–H and O–H groups in total. The van der Waals surface area contributed by atoms with E-state index in [9.17, 15) is 13.2 Å². The molecule has 0 aliphatic rings. The van der Waals surface area contributed by atoms with Gasteiger partial charge in [-0.05, 0) is 45.0 Å². The number of sulfonamides is 1. The van der Waals surface area contributed by atoms with E-state index in [-0.39, 0.29) is 17.2 Å². The molecular weight excluding hydrogens is 342 g/mol. The van der Waals surface area contributed by atoms with Crippen LogP contribution >= 0.6 is 0 Å². The number of ether oxygens (including phenoxy) is 1. The van der Waals surface area contributed by atoms with Gasteiger partial charge in [0.1, 0.15) is 10.6 Å². The fourth-order valence-electron chi connectivity index (χ4n) is 2.65. The number of aromatic nitrogens is 1. The van der Waals surface area contributed by atoms with E-state index in [0.29, 0.717) is 22.5 Å². The average Bonchev–Trinajstić information content (AvgIpc) is 2.78. The van der Waals surface area contributed by atoms with Crippen molar-refractivity contribution in [3.8, 4) is 6.07 Å². The lowest BCUT2D eigenvalue weighted by Gasteiger charge is -2.09. The van der Waals surface area contributed by atoms with E-state index in [2.05, 4.69) is 4.72 Å². The molecule has 2 aromatic rings. The van der Waals surface area contributed by atoms with Crippen LogP contribution in [-0.2, 0) is 21.8 Å². The highest BCUT2D eigenvalue weighted by atomic mass is 32.2. The monoisotopic (exact) mass is 361 g/mol. The molecule has 1 heterocycles. The first-order chi connectivity index (χ1) is 11.7. The van der Waals surface area contributed by atoms with Crippen LogP contribution in [0.1, 0.15) is 34.2 Å². The van der Waals surface area contributed by atoms with Gasteiger partial charge in [0, 0.05) is 24.0 Å². The molecule has 0 radical (unpaired) electrons. The second-order valence-corrected chi connectivity index (χ2v) is 7.08. The quantitative estimate of drug-likeness (QED) is 0.825. The molecule has 0 unspecified atom stereocenters. The lowest BCUT2D eigenvalue weighted by molar-refractivity contribution is 0.0514. The minimum Gasteiger partial charge on any atom is -0.461 e. The van der Waals surface area contributed by atoms with Crippen molar-refractivity contribution in [3.05, 3.63) is 46.8 Å². The summed E-state index contributed by atoms with van der Waals surface area (Å²) in [6, 6.07) is 8.03. The number of hydrogen-bond acceptors (Lipinski definition) is 5. The number of carbonyl (C=O) groups excluding carboxylic acids is 1.